The summed E-state index contributed by atoms with van der Waals surface area (Å²) in [5.74, 6) is 1.51. The number of oxime groups is 1. The van der Waals surface area contributed by atoms with E-state index in [1.807, 2.05) is 18.2 Å². The van der Waals surface area contributed by atoms with Gasteiger partial charge in [0.2, 0.25) is 0 Å². The molecule has 100 valence electrons. The molecule has 0 aromatic heterocycles. The number of rotatable bonds is 3. The predicted octanol–water partition coefficient (Wildman–Crippen LogP) is 4.18. The van der Waals surface area contributed by atoms with E-state index in [9.17, 15) is 0 Å². The van der Waals surface area contributed by atoms with E-state index in [-0.39, 0.29) is 0 Å². The molecule has 0 saturated heterocycles. The van der Waals surface area contributed by atoms with Crippen molar-refractivity contribution in [2.24, 2.45) is 22.4 Å². The molecule has 2 aliphatic carbocycles. The van der Waals surface area contributed by atoms with Gasteiger partial charge in [0.05, 0.1) is 5.71 Å². The summed E-state index contributed by atoms with van der Waals surface area (Å²) in [4.78, 5) is 5.51. The van der Waals surface area contributed by atoms with Gasteiger partial charge in [-0.05, 0) is 41.7 Å². The van der Waals surface area contributed by atoms with Crippen molar-refractivity contribution in [2.45, 2.75) is 33.8 Å². The van der Waals surface area contributed by atoms with Crippen molar-refractivity contribution in [3.05, 3.63) is 47.5 Å². The van der Waals surface area contributed by atoms with Crippen LogP contribution in [-0.2, 0) is 11.4 Å². The molecule has 1 aromatic rings. The fourth-order valence-electron chi connectivity index (χ4n) is 3.11. The smallest absolute Gasteiger partial charge is 0.142 e. The molecule has 0 radical (unpaired) electrons. The van der Waals surface area contributed by atoms with Crippen LogP contribution < -0.4 is 0 Å². The first-order chi connectivity index (χ1) is 9.09. The van der Waals surface area contributed by atoms with Crippen molar-refractivity contribution in [1.82, 2.24) is 0 Å². The van der Waals surface area contributed by atoms with E-state index in [0.717, 1.165) is 29.5 Å². The summed E-state index contributed by atoms with van der Waals surface area (Å²) in [7, 11) is 0. The molecule has 0 spiro atoms. The zero-order valence-corrected chi connectivity index (χ0v) is 11.9. The minimum Gasteiger partial charge on any atom is -0.391 e. The lowest BCUT2D eigenvalue weighted by Gasteiger charge is -2.11. The van der Waals surface area contributed by atoms with Crippen LogP contribution in [0.3, 0.4) is 0 Å². The van der Waals surface area contributed by atoms with Gasteiger partial charge in [0.25, 0.3) is 0 Å². The molecule has 0 heterocycles. The Morgan fingerprint density at radius 2 is 2.00 bits per heavy atom. The lowest BCUT2D eigenvalue weighted by atomic mass is 9.99. The Labute approximate surface area is 115 Å². The molecule has 0 aliphatic heterocycles. The van der Waals surface area contributed by atoms with Gasteiger partial charge >= 0.3 is 0 Å². The van der Waals surface area contributed by atoms with E-state index in [4.69, 9.17) is 4.84 Å². The minimum absolute atomic E-state index is 0.456. The molecule has 1 saturated carbocycles. The summed E-state index contributed by atoms with van der Waals surface area (Å²) in [6.45, 7) is 7.39. The maximum Gasteiger partial charge on any atom is 0.142 e. The van der Waals surface area contributed by atoms with Crippen LogP contribution in [0.15, 0.2) is 47.1 Å². The summed E-state index contributed by atoms with van der Waals surface area (Å²) >= 11 is 0. The Balaban J connectivity index is 1.63. The van der Waals surface area contributed by atoms with Gasteiger partial charge in [-0.1, -0.05) is 55.4 Å². The van der Waals surface area contributed by atoms with Crippen molar-refractivity contribution in [3.63, 3.8) is 0 Å². The lowest BCUT2D eigenvalue weighted by molar-refractivity contribution is 0.129. The van der Waals surface area contributed by atoms with E-state index in [2.05, 4.69) is 44.1 Å². The highest BCUT2D eigenvalue weighted by Gasteiger charge is 2.58. The van der Waals surface area contributed by atoms with Gasteiger partial charge in [-0.25, -0.2) is 0 Å². The Bertz CT molecular complexity index is 527. The van der Waals surface area contributed by atoms with E-state index >= 15 is 0 Å². The van der Waals surface area contributed by atoms with Crippen LogP contribution in [0, 0.1) is 17.3 Å². The van der Waals surface area contributed by atoms with Gasteiger partial charge < -0.3 is 4.84 Å². The van der Waals surface area contributed by atoms with Gasteiger partial charge in [0.1, 0.15) is 6.61 Å². The zero-order chi connectivity index (χ0) is 13.5. The first-order valence-electron chi connectivity index (χ1n) is 7.00. The van der Waals surface area contributed by atoms with Crippen LogP contribution in [-0.4, -0.2) is 5.71 Å². The molecule has 1 fully saturated rings. The van der Waals surface area contributed by atoms with Crippen LogP contribution in [0.5, 0.6) is 0 Å². The molecule has 2 aliphatic rings. The Morgan fingerprint density at radius 1 is 1.26 bits per heavy atom. The van der Waals surface area contributed by atoms with E-state index < -0.39 is 0 Å². The van der Waals surface area contributed by atoms with Crippen molar-refractivity contribution in [2.75, 3.05) is 0 Å². The third-order valence-corrected chi connectivity index (χ3v) is 4.69. The maximum atomic E-state index is 5.51. The first-order valence-corrected chi connectivity index (χ1v) is 7.00. The summed E-state index contributed by atoms with van der Waals surface area (Å²) in [5.41, 5.74) is 4.04. The average Bonchev–Trinajstić information content (AvgIpc) is 2.92. The maximum absolute atomic E-state index is 5.51. The van der Waals surface area contributed by atoms with Crippen LogP contribution in [0.1, 0.15) is 32.8 Å². The predicted molar refractivity (Wildman–Crippen MR) is 77.8 cm³/mol. The van der Waals surface area contributed by atoms with Crippen LogP contribution in [0.4, 0.5) is 0 Å². The van der Waals surface area contributed by atoms with E-state index in [1.165, 1.54) is 5.57 Å². The molecule has 0 amide bonds. The van der Waals surface area contributed by atoms with E-state index in [1.54, 1.807) is 0 Å². The SMILES string of the molecule is CC1=CC2C(CC1=NOCc1ccccc1)C2(C)C. The highest BCUT2D eigenvalue weighted by Crippen LogP contribution is 2.63. The molecule has 2 heteroatoms. The quantitative estimate of drug-likeness (QED) is 0.742. The standard InChI is InChI=1S/C17H21NO/c1-12-9-14-15(17(14,2)3)10-16(12)18-19-11-13-7-5-4-6-8-13/h4-9,14-15H,10-11H2,1-3H3. The number of fused-ring (bicyclic) bond motifs is 1. The van der Waals surface area contributed by atoms with Crippen molar-refractivity contribution < 1.29 is 4.84 Å². The fraction of sp³-hybridized carbons (Fsp3) is 0.471. The molecule has 19 heavy (non-hydrogen) atoms. The topological polar surface area (TPSA) is 21.6 Å². The molecular weight excluding hydrogens is 234 g/mol. The molecule has 2 unspecified atom stereocenters. The third kappa shape index (κ3) is 2.32. The number of allylic oxidation sites excluding steroid dienone is 2. The highest BCUT2D eigenvalue weighted by molar-refractivity contribution is 6.01. The number of nitrogens with zero attached hydrogens (tertiary/aromatic N) is 1. The van der Waals surface area contributed by atoms with Gasteiger partial charge in [-0.15, -0.1) is 0 Å². The summed E-state index contributed by atoms with van der Waals surface area (Å²) < 4.78 is 0. The third-order valence-electron chi connectivity index (χ3n) is 4.69. The van der Waals surface area contributed by atoms with E-state index in [0.29, 0.717) is 12.0 Å². The highest BCUT2D eigenvalue weighted by atomic mass is 16.6. The van der Waals surface area contributed by atoms with Gasteiger partial charge in [0.15, 0.2) is 0 Å². The molecule has 0 bridgehead atoms. The zero-order valence-electron chi connectivity index (χ0n) is 11.9. The summed E-state index contributed by atoms with van der Waals surface area (Å²) in [5, 5.41) is 4.35. The average molecular weight is 255 g/mol. The fourth-order valence-corrected chi connectivity index (χ4v) is 3.11. The molecule has 1 aromatic carbocycles. The first kappa shape index (κ1) is 12.5. The van der Waals surface area contributed by atoms with Crippen LogP contribution >= 0.6 is 0 Å². The number of benzene rings is 1. The Kier molecular flexibility index (Phi) is 2.96. The molecular formula is C17H21NO. The van der Waals surface area contributed by atoms with Gasteiger partial charge in [-0.3, -0.25) is 0 Å². The number of hydrogen-bond donors (Lipinski definition) is 0. The van der Waals surface area contributed by atoms with Crippen LogP contribution in [0.25, 0.3) is 0 Å². The molecule has 2 nitrogen and oxygen atoms in total. The normalized spacial score (nSPS) is 29.6. The number of hydrogen-bond acceptors (Lipinski definition) is 2. The summed E-state index contributed by atoms with van der Waals surface area (Å²) in [6, 6.07) is 10.2. The second-order valence-corrected chi connectivity index (χ2v) is 6.30. The molecule has 2 atom stereocenters. The van der Waals surface area contributed by atoms with Gasteiger partial charge in [0, 0.05) is 0 Å². The van der Waals surface area contributed by atoms with Crippen LogP contribution in [0.2, 0.25) is 0 Å². The molecule has 3 rings (SSSR count). The second-order valence-electron chi connectivity index (χ2n) is 6.30. The second kappa shape index (κ2) is 4.52. The monoisotopic (exact) mass is 255 g/mol. The van der Waals surface area contributed by atoms with Gasteiger partial charge in [-0.2, -0.15) is 0 Å². The largest absolute Gasteiger partial charge is 0.391 e. The van der Waals surface area contributed by atoms with Crippen molar-refractivity contribution in [1.29, 1.82) is 0 Å². The van der Waals surface area contributed by atoms with Crippen molar-refractivity contribution >= 4 is 5.71 Å². The minimum atomic E-state index is 0.456. The van der Waals surface area contributed by atoms with Crippen molar-refractivity contribution in [3.8, 4) is 0 Å². The Morgan fingerprint density at radius 3 is 2.74 bits per heavy atom. The molecule has 0 N–H and O–H groups in total. The Hall–Kier alpha value is -1.57. The summed E-state index contributed by atoms with van der Waals surface area (Å²) in [6.07, 6.45) is 3.44. The lowest BCUT2D eigenvalue weighted by Crippen LogP contribution is -2.08.